The van der Waals surface area contributed by atoms with Crippen LogP contribution in [0.25, 0.3) is 6.08 Å². The van der Waals surface area contributed by atoms with E-state index in [2.05, 4.69) is 9.88 Å². The molecule has 1 unspecified atom stereocenters. The fraction of sp³-hybridized carbons (Fsp3) is 0.400. The molecule has 1 saturated heterocycles. The lowest BCUT2D eigenvalue weighted by Gasteiger charge is -2.32. The summed E-state index contributed by atoms with van der Waals surface area (Å²) in [5.41, 5.74) is 2.76. The van der Waals surface area contributed by atoms with Crippen molar-refractivity contribution in [2.45, 2.75) is 51.5 Å². The molecule has 0 spiro atoms. The molecule has 1 N–H and O–H groups in total. The topological polar surface area (TPSA) is 111 Å². The van der Waals surface area contributed by atoms with Crippen molar-refractivity contribution >= 4 is 21.9 Å². The van der Waals surface area contributed by atoms with Crippen molar-refractivity contribution in [1.29, 1.82) is 0 Å². The number of nitrogens with zero attached hydrogens (tertiary/aromatic N) is 3. The number of carbonyl (C=O) groups is 1. The third kappa shape index (κ3) is 6.46. The molecule has 2 aliphatic rings. The number of para-hydroxylation sites is 1. The highest BCUT2D eigenvalue weighted by atomic mass is 32.2. The minimum absolute atomic E-state index is 0.0705. The number of carboxylic acids is 1. The van der Waals surface area contributed by atoms with Gasteiger partial charge in [-0.2, -0.15) is 0 Å². The Kier molecular flexibility index (Phi) is 7.93. The van der Waals surface area contributed by atoms with Gasteiger partial charge in [0.05, 0.1) is 29.8 Å². The molecule has 11 heteroatoms. The SMILES string of the molecule is Cc1ccc(C2(C)Oc3cccc(C4CCN(Cc5ncc(/C=C/C(=O)O)n5CCS(C)(=O)=O)CC4)c3O2)c(F)c1. The fourth-order valence-corrected chi connectivity index (χ4v) is 6.04. The van der Waals surface area contributed by atoms with Gasteiger partial charge in [0.1, 0.15) is 21.5 Å². The number of piperidine rings is 1. The molecule has 0 saturated carbocycles. The molecular weight excluding hydrogens is 549 g/mol. The molecule has 218 valence electrons. The maximum atomic E-state index is 14.8. The smallest absolute Gasteiger partial charge is 0.328 e. The second-order valence-corrected chi connectivity index (χ2v) is 13.2. The largest absolute Gasteiger partial charge is 0.478 e. The van der Waals surface area contributed by atoms with Gasteiger partial charge in [0, 0.05) is 31.4 Å². The van der Waals surface area contributed by atoms with Gasteiger partial charge in [0.25, 0.3) is 5.79 Å². The third-order valence-electron chi connectivity index (χ3n) is 7.67. The standard InChI is InChI=1S/C30H34FN3O6S/c1-20-7-9-24(25(31)17-20)30(2)39-26-6-4-5-23(29(26)40-30)21-11-13-33(14-12-21)19-27-32-18-22(8-10-28(35)36)34(27)15-16-41(3,37)38/h4-10,17-18,21H,11-16,19H2,1-3H3,(H,35,36)/b10-8+. The first-order chi connectivity index (χ1) is 19.4. The van der Waals surface area contributed by atoms with E-state index >= 15 is 0 Å². The maximum absolute atomic E-state index is 14.8. The van der Waals surface area contributed by atoms with Gasteiger partial charge in [-0.25, -0.2) is 22.6 Å². The highest BCUT2D eigenvalue weighted by Crippen LogP contribution is 2.49. The highest BCUT2D eigenvalue weighted by molar-refractivity contribution is 7.90. The summed E-state index contributed by atoms with van der Waals surface area (Å²) >= 11 is 0. The second-order valence-electron chi connectivity index (χ2n) is 10.9. The molecule has 9 nitrogen and oxygen atoms in total. The van der Waals surface area contributed by atoms with Gasteiger partial charge in [-0.3, -0.25) is 4.90 Å². The summed E-state index contributed by atoms with van der Waals surface area (Å²) in [5, 5.41) is 9.02. The summed E-state index contributed by atoms with van der Waals surface area (Å²) in [4.78, 5) is 17.8. The second kappa shape index (κ2) is 11.3. The first kappa shape index (κ1) is 28.8. The molecule has 2 aromatic carbocycles. The quantitative estimate of drug-likeness (QED) is 0.367. The number of rotatable bonds is 9. The monoisotopic (exact) mass is 583 g/mol. The van der Waals surface area contributed by atoms with Crippen LogP contribution in [0, 0.1) is 12.7 Å². The van der Waals surface area contributed by atoms with Crippen LogP contribution in [0.15, 0.2) is 48.7 Å². The molecule has 1 aromatic heterocycles. The van der Waals surface area contributed by atoms with Gasteiger partial charge in [0.2, 0.25) is 0 Å². The highest BCUT2D eigenvalue weighted by Gasteiger charge is 2.42. The minimum atomic E-state index is -3.22. The van der Waals surface area contributed by atoms with E-state index in [1.807, 2.05) is 31.2 Å². The number of aromatic nitrogens is 2. The lowest BCUT2D eigenvalue weighted by molar-refractivity contribution is -0.131. The predicted octanol–water partition coefficient (Wildman–Crippen LogP) is 4.50. The van der Waals surface area contributed by atoms with Gasteiger partial charge in [-0.15, -0.1) is 0 Å². The van der Waals surface area contributed by atoms with Crippen molar-refractivity contribution < 1.29 is 32.2 Å². The maximum Gasteiger partial charge on any atom is 0.328 e. The van der Waals surface area contributed by atoms with E-state index in [0.29, 0.717) is 35.1 Å². The van der Waals surface area contributed by atoms with Crippen LogP contribution < -0.4 is 9.47 Å². The van der Waals surface area contributed by atoms with Crippen molar-refractivity contribution in [3.05, 3.63) is 82.7 Å². The van der Waals surface area contributed by atoms with Gasteiger partial charge in [-0.1, -0.05) is 18.2 Å². The number of hydrogen-bond donors (Lipinski definition) is 1. The number of sulfone groups is 1. The molecule has 3 aromatic rings. The Labute approximate surface area is 239 Å². The van der Waals surface area contributed by atoms with Gasteiger partial charge in [0.15, 0.2) is 11.5 Å². The molecule has 0 bridgehead atoms. The van der Waals surface area contributed by atoms with Crippen LogP contribution >= 0.6 is 0 Å². The number of fused-ring (bicyclic) bond motifs is 1. The predicted molar refractivity (Wildman–Crippen MR) is 152 cm³/mol. The summed E-state index contributed by atoms with van der Waals surface area (Å²) in [6.45, 7) is 5.82. The van der Waals surface area contributed by atoms with E-state index in [1.54, 1.807) is 23.8 Å². The Bertz CT molecular complexity index is 1590. The summed E-state index contributed by atoms with van der Waals surface area (Å²) in [6.07, 6.45) is 6.90. The fourth-order valence-electron chi connectivity index (χ4n) is 5.53. The van der Waals surface area contributed by atoms with Crippen LogP contribution in [0.3, 0.4) is 0 Å². The van der Waals surface area contributed by atoms with E-state index in [1.165, 1.54) is 18.4 Å². The molecule has 2 aliphatic heterocycles. The number of likely N-dealkylation sites (tertiary alicyclic amines) is 1. The molecule has 1 atom stereocenters. The van der Waals surface area contributed by atoms with Gasteiger partial charge in [-0.05, 0) is 68.6 Å². The van der Waals surface area contributed by atoms with Crippen molar-refractivity contribution in [3.8, 4) is 11.5 Å². The van der Waals surface area contributed by atoms with E-state index in [0.717, 1.165) is 43.1 Å². The number of halogens is 1. The van der Waals surface area contributed by atoms with Crippen LogP contribution in [0.5, 0.6) is 11.5 Å². The average molecular weight is 584 g/mol. The molecule has 0 aliphatic carbocycles. The first-order valence-electron chi connectivity index (χ1n) is 13.5. The van der Waals surface area contributed by atoms with Gasteiger partial charge < -0.3 is 19.1 Å². The zero-order valence-corrected chi connectivity index (χ0v) is 24.2. The lowest BCUT2D eigenvalue weighted by Crippen LogP contribution is -2.34. The number of aryl methyl sites for hydroxylation is 1. The van der Waals surface area contributed by atoms with Gasteiger partial charge >= 0.3 is 5.97 Å². The number of aliphatic carboxylic acids is 1. The number of benzene rings is 2. The summed E-state index contributed by atoms with van der Waals surface area (Å²) < 4.78 is 52.7. The number of imidazole rings is 1. The first-order valence-corrected chi connectivity index (χ1v) is 15.6. The summed E-state index contributed by atoms with van der Waals surface area (Å²) in [6, 6.07) is 10.8. The van der Waals surface area contributed by atoms with Crippen LogP contribution in [0.1, 0.15) is 53.9 Å². The molecule has 0 amide bonds. The summed E-state index contributed by atoms with van der Waals surface area (Å²) in [5.74, 6) is -0.630. The molecule has 3 heterocycles. The zero-order valence-electron chi connectivity index (χ0n) is 23.3. The molecule has 41 heavy (non-hydrogen) atoms. The molecular formula is C30H34FN3O6S. The zero-order chi connectivity index (χ0) is 29.4. The number of ether oxygens (including phenoxy) is 2. The number of hydrogen-bond acceptors (Lipinski definition) is 7. The van der Waals surface area contributed by atoms with Crippen LogP contribution in [0.2, 0.25) is 0 Å². The van der Waals surface area contributed by atoms with Crippen LogP contribution in [0.4, 0.5) is 4.39 Å². The van der Waals surface area contributed by atoms with Crippen molar-refractivity contribution in [2.75, 3.05) is 25.1 Å². The van der Waals surface area contributed by atoms with Crippen molar-refractivity contribution in [2.24, 2.45) is 0 Å². The van der Waals surface area contributed by atoms with E-state index in [-0.39, 0.29) is 24.0 Å². The lowest BCUT2D eigenvalue weighted by atomic mass is 9.88. The Morgan fingerprint density at radius 1 is 1.22 bits per heavy atom. The normalized spacial score (nSPS) is 19.7. The summed E-state index contributed by atoms with van der Waals surface area (Å²) in [7, 11) is -3.22. The van der Waals surface area contributed by atoms with E-state index < -0.39 is 21.6 Å². The van der Waals surface area contributed by atoms with Crippen LogP contribution in [-0.2, 0) is 33.5 Å². The molecule has 5 rings (SSSR count). The Balaban J connectivity index is 1.28. The molecule has 0 radical (unpaired) electrons. The van der Waals surface area contributed by atoms with Crippen molar-refractivity contribution in [3.63, 3.8) is 0 Å². The average Bonchev–Trinajstić information content (AvgIpc) is 3.45. The van der Waals surface area contributed by atoms with E-state index in [9.17, 15) is 17.6 Å². The molecule has 1 fully saturated rings. The Morgan fingerprint density at radius 2 is 1.98 bits per heavy atom. The minimum Gasteiger partial charge on any atom is -0.478 e. The van der Waals surface area contributed by atoms with Crippen molar-refractivity contribution in [1.82, 2.24) is 14.5 Å². The Morgan fingerprint density at radius 3 is 2.66 bits per heavy atom. The number of carboxylic acid groups (broad SMARTS) is 1. The van der Waals surface area contributed by atoms with Crippen LogP contribution in [-0.4, -0.2) is 59.0 Å². The third-order valence-corrected chi connectivity index (χ3v) is 8.59. The van der Waals surface area contributed by atoms with E-state index in [4.69, 9.17) is 14.6 Å². The Hall–Kier alpha value is -3.70.